The van der Waals surface area contributed by atoms with Gasteiger partial charge in [-0.3, -0.25) is 4.79 Å². The number of carbonyl (C=O) groups is 1. The lowest BCUT2D eigenvalue weighted by Gasteiger charge is -2.33. The molecule has 1 saturated heterocycles. The van der Waals surface area contributed by atoms with Crippen molar-refractivity contribution in [3.63, 3.8) is 0 Å². The molecule has 0 radical (unpaired) electrons. The molecule has 27 heavy (non-hydrogen) atoms. The van der Waals surface area contributed by atoms with Crippen LogP contribution >= 0.6 is 0 Å². The topological polar surface area (TPSA) is 64.6 Å². The van der Waals surface area contributed by atoms with Crippen molar-refractivity contribution in [3.8, 4) is 11.5 Å². The van der Waals surface area contributed by atoms with Crippen LogP contribution in [0.4, 0.5) is 5.82 Å². The number of ether oxygens (including phenoxy) is 2. The molecule has 1 aromatic carbocycles. The number of benzene rings is 1. The van der Waals surface area contributed by atoms with Crippen LogP contribution in [0, 0.1) is 12.8 Å². The first-order valence-electron chi connectivity index (χ1n) is 9.67. The van der Waals surface area contributed by atoms with Crippen LogP contribution in [0.15, 0.2) is 24.3 Å². The van der Waals surface area contributed by atoms with E-state index < -0.39 is 0 Å². The third kappa shape index (κ3) is 3.75. The standard InChI is InChI=1S/C21H25N3O3/c1-3-5-19-22-14(2)10-20(23-19)24-9-4-6-16(12-24)21(25)15-7-8-17-18(11-15)27-13-26-17/h7-8,10-11,16H,3-6,9,12-13H2,1-2H3. The van der Waals surface area contributed by atoms with Crippen LogP contribution in [0.1, 0.15) is 48.1 Å². The van der Waals surface area contributed by atoms with Gasteiger partial charge < -0.3 is 14.4 Å². The van der Waals surface area contributed by atoms with Crippen LogP contribution < -0.4 is 14.4 Å². The van der Waals surface area contributed by atoms with Gasteiger partial charge in [-0.05, 0) is 44.4 Å². The van der Waals surface area contributed by atoms with Crippen LogP contribution in [-0.4, -0.2) is 35.6 Å². The van der Waals surface area contributed by atoms with Gasteiger partial charge in [0.25, 0.3) is 0 Å². The molecule has 6 heteroatoms. The zero-order chi connectivity index (χ0) is 18.8. The Kier molecular flexibility index (Phi) is 4.97. The first-order valence-corrected chi connectivity index (χ1v) is 9.67. The van der Waals surface area contributed by atoms with E-state index in [9.17, 15) is 4.79 Å². The third-order valence-corrected chi connectivity index (χ3v) is 5.13. The highest BCUT2D eigenvalue weighted by Gasteiger charge is 2.28. The fourth-order valence-electron chi connectivity index (χ4n) is 3.79. The fraction of sp³-hybridized carbons (Fsp3) is 0.476. The Bertz CT molecular complexity index is 853. The number of rotatable bonds is 5. The zero-order valence-electron chi connectivity index (χ0n) is 15.9. The van der Waals surface area contributed by atoms with Gasteiger partial charge in [-0.1, -0.05) is 6.92 Å². The van der Waals surface area contributed by atoms with Crippen molar-refractivity contribution in [1.82, 2.24) is 9.97 Å². The number of hydrogen-bond acceptors (Lipinski definition) is 6. The molecule has 2 aliphatic heterocycles. The quantitative estimate of drug-likeness (QED) is 0.753. The van der Waals surface area contributed by atoms with Gasteiger partial charge in [0.15, 0.2) is 17.3 Å². The average molecular weight is 367 g/mol. The molecule has 0 saturated carbocycles. The van der Waals surface area contributed by atoms with Crippen molar-refractivity contribution in [2.24, 2.45) is 5.92 Å². The predicted octanol–water partition coefficient (Wildman–Crippen LogP) is 3.57. The Morgan fingerprint density at radius 3 is 2.93 bits per heavy atom. The van der Waals surface area contributed by atoms with Gasteiger partial charge in [-0.25, -0.2) is 9.97 Å². The summed E-state index contributed by atoms with van der Waals surface area (Å²) in [4.78, 5) is 24.5. The summed E-state index contributed by atoms with van der Waals surface area (Å²) in [6.07, 6.45) is 3.78. The molecule has 0 aliphatic carbocycles. The number of Topliss-reactive ketones (excluding diaryl/α,β-unsaturated/α-hetero) is 1. The van der Waals surface area contributed by atoms with Crippen molar-refractivity contribution in [3.05, 3.63) is 41.3 Å². The highest BCUT2D eigenvalue weighted by molar-refractivity contribution is 5.99. The monoisotopic (exact) mass is 367 g/mol. The highest BCUT2D eigenvalue weighted by Crippen LogP contribution is 2.34. The second kappa shape index (κ2) is 7.55. The normalized spacial score (nSPS) is 18.6. The van der Waals surface area contributed by atoms with Crippen LogP contribution in [0.5, 0.6) is 11.5 Å². The zero-order valence-corrected chi connectivity index (χ0v) is 15.9. The molecule has 0 bridgehead atoms. The van der Waals surface area contributed by atoms with E-state index in [1.165, 1.54) is 0 Å². The number of hydrogen-bond donors (Lipinski definition) is 0. The van der Waals surface area contributed by atoms with Crippen molar-refractivity contribution >= 4 is 11.6 Å². The summed E-state index contributed by atoms with van der Waals surface area (Å²) in [6, 6.07) is 7.48. The Labute approximate surface area is 159 Å². The van der Waals surface area contributed by atoms with E-state index in [1.54, 1.807) is 6.07 Å². The summed E-state index contributed by atoms with van der Waals surface area (Å²) in [6.45, 7) is 5.97. The number of anilines is 1. The second-order valence-electron chi connectivity index (χ2n) is 7.25. The van der Waals surface area contributed by atoms with Crippen molar-refractivity contribution < 1.29 is 14.3 Å². The molecule has 3 heterocycles. The molecular weight excluding hydrogens is 342 g/mol. The Hall–Kier alpha value is -2.63. The smallest absolute Gasteiger partial charge is 0.231 e. The van der Waals surface area contributed by atoms with E-state index in [0.717, 1.165) is 49.6 Å². The van der Waals surface area contributed by atoms with Gasteiger partial charge in [0.1, 0.15) is 11.6 Å². The Balaban J connectivity index is 1.52. The number of fused-ring (bicyclic) bond motifs is 1. The maximum atomic E-state index is 13.1. The molecule has 1 unspecified atom stereocenters. The number of aromatic nitrogens is 2. The van der Waals surface area contributed by atoms with Crippen LogP contribution in [0.2, 0.25) is 0 Å². The minimum Gasteiger partial charge on any atom is -0.454 e. The van der Waals surface area contributed by atoms with E-state index in [2.05, 4.69) is 16.8 Å². The number of nitrogens with zero attached hydrogens (tertiary/aromatic N) is 3. The molecule has 142 valence electrons. The van der Waals surface area contributed by atoms with Crippen molar-refractivity contribution in [2.45, 2.75) is 39.5 Å². The van der Waals surface area contributed by atoms with Crippen molar-refractivity contribution in [1.29, 1.82) is 0 Å². The van der Waals surface area contributed by atoms with Gasteiger partial charge in [0.2, 0.25) is 6.79 Å². The minimum absolute atomic E-state index is 0.0379. The lowest BCUT2D eigenvalue weighted by Crippen LogP contribution is -2.39. The Morgan fingerprint density at radius 1 is 1.22 bits per heavy atom. The minimum atomic E-state index is -0.0379. The SMILES string of the molecule is CCCc1nc(C)cc(N2CCCC(C(=O)c3ccc4c(c3)OCO4)C2)n1. The van der Waals surface area contributed by atoms with E-state index in [-0.39, 0.29) is 18.5 Å². The maximum absolute atomic E-state index is 13.1. The Morgan fingerprint density at radius 2 is 2.07 bits per heavy atom. The first-order chi connectivity index (χ1) is 13.1. The van der Waals surface area contributed by atoms with E-state index in [1.807, 2.05) is 25.1 Å². The summed E-state index contributed by atoms with van der Waals surface area (Å²) < 4.78 is 10.8. The lowest BCUT2D eigenvalue weighted by molar-refractivity contribution is 0.0906. The number of aryl methyl sites for hydroxylation is 2. The van der Waals surface area contributed by atoms with Crippen molar-refractivity contribution in [2.75, 3.05) is 24.8 Å². The summed E-state index contributed by atoms with van der Waals surface area (Å²) in [5.41, 5.74) is 1.67. The number of carbonyl (C=O) groups excluding carboxylic acids is 1. The van der Waals surface area contributed by atoms with Gasteiger partial charge in [-0.2, -0.15) is 0 Å². The maximum Gasteiger partial charge on any atom is 0.231 e. The molecule has 2 aromatic rings. The molecular formula is C21H25N3O3. The van der Waals surface area contributed by atoms with Crippen LogP contribution in [-0.2, 0) is 6.42 Å². The third-order valence-electron chi connectivity index (χ3n) is 5.13. The summed E-state index contributed by atoms with van der Waals surface area (Å²) in [7, 11) is 0. The molecule has 1 fully saturated rings. The number of ketones is 1. The first kappa shape index (κ1) is 17.8. The van der Waals surface area contributed by atoms with Gasteiger partial charge >= 0.3 is 0 Å². The van der Waals surface area contributed by atoms with Gasteiger partial charge in [0, 0.05) is 42.8 Å². The molecule has 0 spiro atoms. The van der Waals surface area contributed by atoms with E-state index in [4.69, 9.17) is 14.5 Å². The molecule has 0 amide bonds. The van der Waals surface area contributed by atoms with E-state index in [0.29, 0.717) is 23.6 Å². The molecule has 0 N–H and O–H groups in total. The van der Waals surface area contributed by atoms with Gasteiger partial charge in [0.05, 0.1) is 0 Å². The highest BCUT2D eigenvalue weighted by atomic mass is 16.7. The van der Waals surface area contributed by atoms with Crippen LogP contribution in [0.3, 0.4) is 0 Å². The summed E-state index contributed by atoms with van der Waals surface area (Å²) in [5.74, 6) is 3.31. The second-order valence-corrected chi connectivity index (χ2v) is 7.25. The number of piperidine rings is 1. The lowest BCUT2D eigenvalue weighted by atomic mass is 9.90. The summed E-state index contributed by atoms with van der Waals surface area (Å²) in [5, 5.41) is 0. The molecule has 6 nitrogen and oxygen atoms in total. The van der Waals surface area contributed by atoms with Crippen LogP contribution in [0.25, 0.3) is 0 Å². The molecule has 4 rings (SSSR count). The van der Waals surface area contributed by atoms with E-state index >= 15 is 0 Å². The predicted molar refractivity (Wildman–Crippen MR) is 103 cm³/mol. The fourth-order valence-corrected chi connectivity index (χ4v) is 3.79. The average Bonchev–Trinajstić information content (AvgIpc) is 3.15. The molecule has 1 atom stereocenters. The largest absolute Gasteiger partial charge is 0.454 e. The molecule has 1 aromatic heterocycles. The van der Waals surface area contributed by atoms with Gasteiger partial charge in [-0.15, -0.1) is 0 Å². The molecule has 2 aliphatic rings. The summed E-state index contributed by atoms with van der Waals surface area (Å²) >= 11 is 0.